The van der Waals surface area contributed by atoms with Crippen molar-refractivity contribution >= 4 is 33.4 Å². The molecule has 1 aromatic rings. The Morgan fingerprint density at radius 1 is 1.21 bits per heavy atom. The first-order chi connectivity index (χ1) is 11.2. The summed E-state index contributed by atoms with van der Waals surface area (Å²) in [6.45, 7) is 0.0270. The lowest BCUT2D eigenvalue weighted by molar-refractivity contribution is -0.138. The molecule has 0 radical (unpaired) electrons. The lowest BCUT2D eigenvalue weighted by atomic mass is 10.3. The molecule has 1 aromatic carbocycles. The summed E-state index contributed by atoms with van der Waals surface area (Å²) in [6.07, 6.45) is 0.331. The van der Waals surface area contributed by atoms with Crippen LogP contribution in [0.25, 0.3) is 0 Å². The highest BCUT2D eigenvalue weighted by Gasteiger charge is 2.28. The third-order valence-electron chi connectivity index (χ3n) is 3.61. The lowest BCUT2D eigenvalue weighted by Crippen LogP contribution is -2.32. The van der Waals surface area contributed by atoms with Gasteiger partial charge in [-0.25, -0.2) is 12.7 Å². The highest BCUT2D eigenvalue weighted by molar-refractivity contribution is 7.89. The molecule has 1 aliphatic rings. The molecule has 0 saturated carbocycles. The van der Waals surface area contributed by atoms with Crippen molar-refractivity contribution in [2.45, 2.75) is 24.2 Å². The summed E-state index contributed by atoms with van der Waals surface area (Å²) >= 11 is 0. The van der Waals surface area contributed by atoms with Crippen molar-refractivity contribution in [3.05, 3.63) is 24.3 Å². The average molecular weight is 353 g/mol. The lowest BCUT2D eigenvalue weighted by Gasteiger charge is -2.14. The van der Waals surface area contributed by atoms with Crippen LogP contribution in [0.5, 0.6) is 0 Å². The van der Waals surface area contributed by atoms with Crippen molar-refractivity contribution in [3.63, 3.8) is 0 Å². The molecule has 1 heterocycles. The first-order valence-corrected chi connectivity index (χ1v) is 8.81. The number of carbonyl (C=O) groups excluding carboxylic acids is 3. The van der Waals surface area contributed by atoms with Gasteiger partial charge in [-0.15, -0.1) is 0 Å². The zero-order valence-electron chi connectivity index (χ0n) is 13.5. The van der Waals surface area contributed by atoms with Crippen molar-refractivity contribution < 1.29 is 22.8 Å². The Hall–Kier alpha value is -2.26. The summed E-state index contributed by atoms with van der Waals surface area (Å²) in [7, 11) is -0.748. The van der Waals surface area contributed by atoms with Crippen LogP contribution in [0, 0.1) is 0 Å². The van der Waals surface area contributed by atoms with Crippen LogP contribution >= 0.6 is 0 Å². The van der Waals surface area contributed by atoms with Crippen molar-refractivity contribution in [1.82, 2.24) is 9.21 Å². The van der Waals surface area contributed by atoms with Gasteiger partial charge in [0.05, 0.1) is 4.90 Å². The summed E-state index contributed by atoms with van der Waals surface area (Å²) in [5, 5.41) is 2.58. The largest absolute Gasteiger partial charge is 0.326 e. The van der Waals surface area contributed by atoms with E-state index >= 15 is 0 Å². The molecule has 0 bridgehead atoms. The van der Waals surface area contributed by atoms with E-state index in [1.807, 2.05) is 0 Å². The summed E-state index contributed by atoms with van der Waals surface area (Å²) in [5.74, 6) is -0.944. The number of rotatable bonds is 6. The number of hydrogen-bond donors (Lipinski definition) is 1. The standard InChI is InChI=1S/C15H19N3O5S/c1-17(2)24(22,23)12-5-3-4-11(10-12)16-13(19)8-9-18-14(20)6-7-15(18)21/h3-5,10H,6-9H2,1-2H3,(H,16,19). The van der Waals surface area contributed by atoms with Crippen LogP contribution < -0.4 is 5.32 Å². The van der Waals surface area contributed by atoms with Gasteiger partial charge < -0.3 is 5.32 Å². The Morgan fingerprint density at radius 3 is 2.42 bits per heavy atom. The van der Waals surface area contributed by atoms with Gasteiger partial charge in [-0.05, 0) is 18.2 Å². The van der Waals surface area contributed by atoms with Gasteiger partial charge in [-0.3, -0.25) is 19.3 Å². The third kappa shape index (κ3) is 3.98. The second-order valence-corrected chi connectivity index (χ2v) is 7.70. The van der Waals surface area contributed by atoms with E-state index in [2.05, 4.69) is 5.32 Å². The zero-order valence-corrected chi connectivity index (χ0v) is 14.3. The van der Waals surface area contributed by atoms with E-state index in [-0.39, 0.29) is 42.5 Å². The summed E-state index contributed by atoms with van der Waals surface area (Å²) < 4.78 is 25.2. The zero-order chi connectivity index (χ0) is 17.9. The minimum Gasteiger partial charge on any atom is -0.326 e. The van der Waals surface area contributed by atoms with E-state index in [0.29, 0.717) is 5.69 Å². The van der Waals surface area contributed by atoms with Gasteiger partial charge in [0.2, 0.25) is 27.7 Å². The SMILES string of the molecule is CN(C)S(=O)(=O)c1cccc(NC(=O)CCN2C(=O)CCC2=O)c1. The minimum atomic E-state index is -3.59. The monoisotopic (exact) mass is 353 g/mol. The number of nitrogens with one attached hydrogen (secondary N) is 1. The number of hydrogen-bond acceptors (Lipinski definition) is 5. The first-order valence-electron chi connectivity index (χ1n) is 7.37. The van der Waals surface area contributed by atoms with E-state index < -0.39 is 15.9 Å². The van der Waals surface area contributed by atoms with E-state index in [1.165, 1.54) is 32.3 Å². The minimum absolute atomic E-state index is 0.0270. The molecule has 0 aliphatic carbocycles. The molecule has 8 nitrogen and oxygen atoms in total. The molecule has 2 rings (SSSR count). The fourth-order valence-electron chi connectivity index (χ4n) is 2.25. The van der Waals surface area contributed by atoms with Crippen LogP contribution in [0.2, 0.25) is 0 Å². The smallest absolute Gasteiger partial charge is 0.242 e. The van der Waals surface area contributed by atoms with Gasteiger partial charge in [0.15, 0.2) is 0 Å². The van der Waals surface area contributed by atoms with Gasteiger partial charge >= 0.3 is 0 Å². The number of nitrogens with zero attached hydrogens (tertiary/aromatic N) is 2. The van der Waals surface area contributed by atoms with Gasteiger partial charge in [0.1, 0.15) is 0 Å². The number of sulfonamides is 1. The first kappa shape index (κ1) is 18.1. The van der Waals surface area contributed by atoms with Crippen molar-refractivity contribution in [1.29, 1.82) is 0 Å². The van der Waals surface area contributed by atoms with E-state index in [4.69, 9.17) is 0 Å². The van der Waals surface area contributed by atoms with Gasteiger partial charge in [0.25, 0.3) is 0 Å². The maximum atomic E-state index is 12.1. The van der Waals surface area contributed by atoms with E-state index in [9.17, 15) is 22.8 Å². The Labute approximate surface area is 140 Å². The number of benzene rings is 1. The summed E-state index contributed by atoms with van der Waals surface area (Å²) in [6, 6.07) is 5.89. The van der Waals surface area contributed by atoms with Gasteiger partial charge in [-0.2, -0.15) is 0 Å². The van der Waals surface area contributed by atoms with Crippen molar-refractivity contribution in [3.8, 4) is 0 Å². The van der Waals surface area contributed by atoms with E-state index in [1.54, 1.807) is 6.07 Å². The Balaban J connectivity index is 2.00. The number of anilines is 1. The number of carbonyl (C=O) groups is 3. The predicted molar refractivity (Wildman–Crippen MR) is 86.5 cm³/mol. The number of likely N-dealkylation sites (tertiary alicyclic amines) is 1. The molecule has 0 atom stereocenters. The highest BCUT2D eigenvalue weighted by Crippen LogP contribution is 2.18. The van der Waals surface area contributed by atoms with Crippen LogP contribution in [0.15, 0.2) is 29.2 Å². The molecular weight excluding hydrogens is 334 g/mol. The molecule has 0 aromatic heterocycles. The molecule has 9 heteroatoms. The number of amides is 3. The Kier molecular flexibility index (Phi) is 5.35. The molecule has 24 heavy (non-hydrogen) atoms. The second kappa shape index (κ2) is 7.10. The van der Waals surface area contributed by atoms with Crippen LogP contribution in [-0.4, -0.2) is 56.0 Å². The quantitative estimate of drug-likeness (QED) is 0.746. The normalized spacial score (nSPS) is 15.2. The van der Waals surface area contributed by atoms with Gasteiger partial charge in [0, 0.05) is 45.6 Å². The molecule has 1 saturated heterocycles. The fourth-order valence-corrected chi connectivity index (χ4v) is 3.20. The fraction of sp³-hybridized carbons (Fsp3) is 0.400. The third-order valence-corrected chi connectivity index (χ3v) is 5.42. The molecular formula is C15H19N3O5S. The topological polar surface area (TPSA) is 104 Å². The summed E-state index contributed by atoms with van der Waals surface area (Å²) in [5.41, 5.74) is 0.335. The number of imide groups is 1. The van der Waals surface area contributed by atoms with Crippen molar-refractivity contribution in [2.75, 3.05) is 26.0 Å². The summed E-state index contributed by atoms with van der Waals surface area (Å²) in [4.78, 5) is 36.1. The second-order valence-electron chi connectivity index (χ2n) is 5.55. The molecule has 1 fully saturated rings. The van der Waals surface area contributed by atoms with Crippen LogP contribution in [-0.2, 0) is 24.4 Å². The van der Waals surface area contributed by atoms with Crippen LogP contribution in [0.1, 0.15) is 19.3 Å². The van der Waals surface area contributed by atoms with Crippen LogP contribution in [0.4, 0.5) is 5.69 Å². The maximum Gasteiger partial charge on any atom is 0.242 e. The molecule has 1 N–H and O–H groups in total. The average Bonchev–Trinajstić information content (AvgIpc) is 2.84. The molecule has 1 aliphatic heterocycles. The van der Waals surface area contributed by atoms with E-state index in [0.717, 1.165) is 9.21 Å². The highest BCUT2D eigenvalue weighted by atomic mass is 32.2. The van der Waals surface area contributed by atoms with Crippen molar-refractivity contribution in [2.24, 2.45) is 0 Å². The predicted octanol–water partition coefficient (Wildman–Crippen LogP) is 0.414. The molecule has 130 valence electrons. The Bertz CT molecular complexity index is 757. The molecule has 0 unspecified atom stereocenters. The van der Waals surface area contributed by atoms with Crippen LogP contribution in [0.3, 0.4) is 0 Å². The maximum absolute atomic E-state index is 12.1. The van der Waals surface area contributed by atoms with Gasteiger partial charge in [-0.1, -0.05) is 6.07 Å². The molecule has 3 amide bonds. The molecule has 0 spiro atoms. The Morgan fingerprint density at radius 2 is 1.83 bits per heavy atom.